The van der Waals surface area contributed by atoms with Gasteiger partial charge in [0.05, 0.1) is 13.2 Å². The van der Waals surface area contributed by atoms with Gasteiger partial charge in [0.25, 0.3) is 0 Å². The second-order valence-corrected chi connectivity index (χ2v) is 16.0. The molecule has 0 bridgehead atoms. The number of esters is 2. The molecule has 0 amide bonds. The van der Waals surface area contributed by atoms with Gasteiger partial charge >= 0.3 is 19.8 Å². The molecule has 3 N–H and O–H groups in total. The molecule has 0 saturated heterocycles. The largest absolute Gasteiger partial charge is 0.472 e. The second kappa shape index (κ2) is 38.7. The zero-order chi connectivity index (χ0) is 38.2. The van der Waals surface area contributed by atoms with Crippen LogP contribution in [0.1, 0.15) is 219 Å². The molecule has 0 aliphatic rings. The number of hydrogen-bond donors (Lipinski definition) is 2. The van der Waals surface area contributed by atoms with Crippen molar-refractivity contribution in [2.24, 2.45) is 5.73 Å². The van der Waals surface area contributed by atoms with Crippen LogP contribution in [-0.4, -0.2) is 49.3 Å². The van der Waals surface area contributed by atoms with E-state index in [1.165, 1.54) is 154 Å². The van der Waals surface area contributed by atoms with Crippen molar-refractivity contribution in [1.82, 2.24) is 0 Å². The Kier molecular flexibility index (Phi) is 36.5. The fourth-order valence-corrected chi connectivity index (χ4v) is 7.03. The average Bonchev–Trinajstić information content (AvgIpc) is 3.12. The number of ether oxygens (including phenoxy) is 2. The van der Waals surface area contributed by atoms with E-state index >= 15 is 0 Å². The van der Waals surface area contributed by atoms with Gasteiger partial charge in [0.15, 0.2) is 6.10 Å². The van der Waals surface area contributed by atoms with Crippen LogP contribution in [0.2, 0.25) is 1.41 Å². The van der Waals surface area contributed by atoms with Crippen LogP contribution in [0, 0.1) is 0 Å². The molecule has 0 aliphatic carbocycles. The summed E-state index contributed by atoms with van der Waals surface area (Å²) < 4.78 is 39.8. The van der Waals surface area contributed by atoms with E-state index in [4.69, 9.17) is 19.9 Å². The SMILES string of the molecule is [2H]NCCOP(=O)(O)OCC(COC(=O)CCCCCCCCCCCCCCCCC)OC(=O)CCCCCCCCCCCCCCCCC. The van der Waals surface area contributed by atoms with Gasteiger partial charge in [-0.05, 0) is 12.8 Å². The zero-order valence-corrected chi connectivity index (χ0v) is 34.2. The van der Waals surface area contributed by atoms with Gasteiger partial charge in [0.2, 0.25) is 0 Å². The van der Waals surface area contributed by atoms with Crippen LogP contribution in [-0.2, 0) is 32.7 Å². The van der Waals surface area contributed by atoms with Crippen molar-refractivity contribution in [3.8, 4) is 0 Å². The molecule has 0 aromatic heterocycles. The number of nitrogens with two attached hydrogens (primary N) is 1. The summed E-state index contributed by atoms with van der Waals surface area (Å²) in [6.07, 6.45) is 36.8. The summed E-state index contributed by atoms with van der Waals surface area (Å²) in [5.41, 5.74) is 2.08. The summed E-state index contributed by atoms with van der Waals surface area (Å²) in [6.45, 7) is 3.66. The highest BCUT2D eigenvalue weighted by molar-refractivity contribution is 7.47. The summed E-state index contributed by atoms with van der Waals surface area (Å²) in [4.78, 5) is 34.9. The monoisotopic (exact) mass is 749 g/mol. The van der Waals surface area contributed by atoms with Gasteiger partial charge in [-0.1, -0.05) is 194 Å². The molecule has 0 aromatic carbocycles. The van der Waals surface area contributed by atoms with Gasteiger partial charge in [-0.3, -0.25) is 18.6 Å². The van der Waals surface area contributed by atoms with E-state index in [0.717, 1.165) is 32.1 Å². The Bertz CT molecular complexity index is 837. The highest BCUT2D eigenvalue weighted by Crippen LogP contribution is 2.43. The molecule has 0 spiro atoms. The zero-order valence-electron chi connectivity index (χ0n) is 34.3. The number of hydrogen-bond acceptors (Lipinski definition) is 8. The maximum atomic E-state index is 12.6. The summed E-state index contributed by atoms with van der Waals surface area (Å²) in [5.74, 6) is -0.836. The average molecular weight is 749 g/mol. The van der Waals surface area contributed by atoms with Crippen LogP contribution in [0.3, 0.4) is 0 Å². The van der Waals surface area contributed by atoms with Gasteiger partial charge < -0.3 is 20.1 Å². The normalized spacial score (nSPS) is 13.5. The van der Waals surface area contributed by atoms with Crippen molar-refractivity contribution >= 4 is 19.8 Å². The maximum Gasteiger partial charge on any atom is 0.472 e. The standard InChI is InChI=1S/C41H82NO8P/c1-3-5-7-9-11-13-15-17-19-21-23-25-27-29-31-33-40(43)47-37-39(38-49-51(45,46)48-36-35-42)50-41(44)34-32-30-28-26-24-22-20-18-16-14-12-10-8-6-4-2/h39H,3-38,42H2,1-2H3,(H,45,46)/i/hD. The van der Waals surface area contributed by atoms with Crippen LogP contribution in [0.5, 0.6) is 0 Å². The van der Waals surface area contributed by atoms with Crippen LogP contribution < -0.4 is 5.73 Å². The molecule has 51 heavy (non-hydrogen) atoms. The Morgan fingerprint density at radius 2 is 0.902 bits per heavy atom. The highest BCUT2D eigenvalue weighted by Gasteiger charge is 2.26. The molecule has 0 fully saturated rings. The van der Waals surface area contributed by atoms with Gasteiger partial charge in [-0.25, -0.2) is 4.57 Å². The quantitative estimate of drug-likeness (QED) is 0.0355. The molecule has 0 radical (unpaired) electrons. The Morgan fingerprint density at radius 1 is 0.549 bits per heavy atom. The lowest BCUT2D eigenvalue weighted by atomic mass is 10.0. The van der Waals surface area contributed by atoms with Crippen LogP contribution in [0.15, 0.2) is 0 Å². The van der Waals surface area contributed by atoms with E-state index in [9.17, 15) is 19.0 Å². The van der Waals surface area contributed by atoms with Gasteiger partial charge in [-0.2, -0.15) is 0 Å². The molecule has 0 heterocycles. The molecule has 0 aliphatic heterocycles. The number of rotatable bonds is 42. The third-order valence-electron chi connectivity index (χ3n) is 9.48. The van der Waals surface area contributed by atoms with Crippen molar-refractivity contribution < 1.29 is 39.0 Å². The number of carbonyl (C=O) groups is 2. The van der Waals surface area contributed by atoms with Crippen molar-refractivity contribution in [2.45, 2.75) is 225 Å². The topological polar surface area (TPSA) is 134 Å². The number of phosphoric ester groups is 1. The highest BCUT2D eigenvalue weighted by atomic mass is 31.2. The number of phosphoric acid groups is 1. The van der Waals surface area contributed by atoms with E-state index in [2.05, 4.69) is 19.6 Å². The minimum atomic E-state index is -4.42. The first-order chi connectivity index (χ1) is 25.3. The fraction of sp³-hybridized carbons (Fsp3) is 0.951. The first-order valence-corrected chi connectivity index (χ1v) is 23.0. The molecule has 0 aromatic rings. The molecule has 2 unspecified atom stereocenters. The molecule has 304 valence electrons. The van der Waals surface area contributed by atoms with E-state index in [1.807, 2.05) is 0 Å². The summed E-state index contributed by atoms with van der Waals surface area (Å²) in [7, 11) is -4.42. The third-order valence-corrected chi connectivity index (χ3v) is 10.5. The van der Waals surface area contributed by atoms with E-state index < -0.39 is 26.5 Å². The Hall–Kier alpha value is -0.990. The number of carbonyl (C=O) groups excluding carboxylic acids is 2. The molecule has 0 rings (SSSR count). The first-order valence-electron chi connectivity index (χ1n) is 22.0. The van der Waals surface area contributed by atoms with Crippen molar-refractivity contribution in [3.05, 3.63) is 0 Å². The molecule has 2 atom stereocenters. The van der Waals surface area contributed by atoms with E-state index in [1.54, 1.807) is 0 Å². The smallest absolute Gasteiger partial charge is 0.462 e. The van der Waals surface area contributed by atoms with Crippen molar-refractivity contribution in [3.63, 3.8) is 0 Å². The predicted octanol–water partition coefficient (Wildman–Crippen LogP) is 12.1. The molecular formula is C41H82NO8P. The summed E-state index contributed by atoms with van der Waals surface area (Å²) in [6, 6.07) is 0. The summed E-state index contributed by atoms with van der Waals surface area (Å²) >= 11 is 0. The Morgan fingerprint density at radius 3 is 1.27 bits per heavy atom. The summed E-state index contributed by atoms with van der Waals surface area (Å²) in [5, 5.41) is 0. The fourth-order valence-electron chi connectivity index (χ4n) is 6.28. The predicted molar refractivity (Wildman–Crippen MR) is 211 cm³/mol. The Labute approximate surface area is 315 Å². The van der Waals surface area contributed by atoms with Gasteiger partial charge in [0, 0.05) is 19.4 Å². The lowest BCUT2D eigenvalue weighted by Crippen LogP contribution is -2.29. The van der Waals surface area contributed by atoms with Crippen LogP contribution in [0.25, 0.3) is 0 Å². The lowest BCUT2D eigenvalue weighted by Gasteiger charge is -2.19. The minimum absolute atomic E-state index is 0.0441. The van der Waals surface area contributed by atoms with Crippen molar-refractivity contribution in [2.75, 3.05) is 26.4 Å². The van der Waals surface area contributed by atoms with Gasteiger partial charge in [0.1, 0.15) is 8.02 Å². The van der Waals surface area contributed by atoms with Crippen LogP contribution in [0.4, 0.5) is 0 Å². The van der Waals surface area contributed by atoms with Crippen molar-refractivity contribution in [1.29, 1.82) is 0 Å². The third kappa shape index (κ3) is 38.5. The van der Waals surface area contributed by atoms with Crippen LogP contribution >= 0.6 is 7.82 Å². The first kappa shape index (κ1) is 48.0. The molecule has 9 nitrogen and oxygen atoms in total. The minimum Gasteiger partial charge on any atom is -0.462 e. The van der Waals surface area contributed by atoms with E-state index in [0.29, 0.717) is 6.42 Å². The number of unbranched alkanes of at least 4 members (excludes halogenated alkanes) is 28. The lowest BCUT2D eigenvalue weighted by molar-refractivity contribution is -0.161. The van der Waals surface area contributed by atoms with E-state index in [-0.39, 0.29) is 38.6 Å². The van der Waals surface area contributed by atoms with Gasteiger partial charge in [-0.15, -0.1) is 0 Å². The molecular weight excluding hydrogens is 665 g/mol. The second-order valence-electron chi connectivity index (χ2n) is 14.5. The maximum absolute atomic E-state index is 12.6. The molecule has 10 heteroatoms. The Balaban J connectivity index is 4.17. The molecule has 0 saturated carbocycles.